The van der Waals surface area contributed by atoms with Crippen molar-refractivity contribution in [2.75, 3.05) is 74.2 Å². The zero-order valence-corrected chi connectivity index (χ0v) is 18.8. The van der Waals surface area contributed by atoms with Gasteiger partial charge in [-0.2, -0.15) is 0 Å². The minimum absolute atomic E-state index is 0.106. The number of aliphatic imine (C=N–C) groups is 1. The van der Waals surface area contributed by atoms with Crippen LogP contribution in [0.2, 0.25) is 0 Å². The average Bonchev–Trinajstić information content (AvgIpc) is 2.76. The highest BCUT2D eigenvalue weighted by molar-refractivity contribution is 5.80. The molecule has 2 heterocycles. The third-order valence-electron chi connectivity index (χ3n) is 6.45. The van der Waals surface area contributed by atoms with Crippen LogP contribution in [0.1, 0.15) is 18.4 Å². The zero-order valence-electron chi connectivity index (χ0n) is 18.8. The Balaban J connectivity index is 1.51. The molecule has 0 spiro atoms. The summed E-state index contributed by atoms with van der Waals surface area (Å²) >= 11 is 0. The fourth-order valence-electron chi connectivity index (χ4n) is 4.29. The predicted molar refractivity (Wildman–Crippen MR) is 118 cm³/mol. The Labute approximate surface area is 179 Å². The van der Waals surface area contributed by atoms with Gasteiger partial charge in [-0.05, 0) is 44.6 Å². The van der Waals surface area contributed by atoms with Crippen LogP contribution in [0.4, 0.5) is 4.39 Å². The minimum Gasteiger partial charge on any atom is -0.494 e. The standard InChI is InChI=1S/C22H36FN5O2/c1-24-21(25-17-22(26(2)3)7-13-30-14-8-22)28-11-9-27(10-12-28)16-18-5-6-20(29-4)19(23)15-18/h5-6,15H,7-14,16-17H2,1-4H3,(H,24,25). The van der Waals surface area contributed by atoms with Crippen molar-refractivity contribution in [3.05, 3.63) is 29.6 Å². The summed E-state index contributed by atoms with van der Waals surface area (Å²) < 4.78 is 24.5. The van der Waals surface area contributed by atoms with Crippen LogP contribution in [-0.4, -0.2) is 100 Å². The van der Waals surface area contributed by atoms with Crippen LogP contribution in [0.15, 0.2) is 23.2 Å². The average molecular weight is 422 g/mol. The molecule has 1 aromatic rings. The van der Waals surface area contributed by atoms with Crippen LogP contribution in [0.5, 0.6) is 5.75 Å². The molecule has 3 rings (SSSR count). The lowest BCUT2D eigenvalue weighted by Crippen LogP contribution is -2.59. The molecule has 0 unspecified atom stereocenters. The van der Waals surface area contributed by atoms with E-state index < -0.39 is 0 Å². The van der Waals surface area contributed by atoms with Crippen LogP contribution in [-0.2, 0) is 11.3 Å². The molecule has 0 amide bonds. The van der Waals surface area contributed by atoms with E-state index in [0.29, 0.717) is 5.75 Å². The van der Waals surface area contributed by atoms with Crippen molar-refractivity contribution >= 4 is 5.96 Å². The first kappa shape index (κ1) is 22.8. The van der Waals surface area contributed by atoms with Gasteiger partial charge in [0, 0.05) is 65.1 Å². The van der Waals surface area contributed by atoms with E-state index in [1.807, 2.05) is 13.1 Å². The van der Waals surface area contributed by atoms with Crippen LogP contribution in [0.3, 0.4) is 0 Å². The van der Waals surface area contributed by atoms with Gasteiger partial charge in [-0.1, -0.05) is 6.07 Å². The molecule has 0 aromatic heterocycles. The summed E-state index contributed by atoms with van der Waals surface area (Å²) in [5, 5.41) is 3.61. The van der Waals surface area contributed by atoms with E-state index in [4.69, 9.17) is 9.47 Å². The van der Waals surface area contributed by atoms with E-state index >= 15 is 0 Å². The maximum atomic E-state index is 14.0. The summed E-state index contributed by atoms with van der Waals surface area (Å²) in [4.78, 5) is 11.5. The lowest BCUT2D eigenvalue weighted by molar-refractivity contribution is -0.00535. The van der Waals surface area contributed by atoms with Gasteiger partial charge in [-0.15, -0.1) is 0 Å². The largest absolute Gasteiger partial charge is 0.494 e. The molecule has 1 N–H and O–H groups in total. The van der Waals surface area contributed by atoms with Crippen molar-refractivity contribution in [3.8, 4) is 5.75 Å². The van der Waals surface area contributed by atoms with E-state index in [9.17, 15) is 4.39 Å². The molecule has 0 atom stereocenters. The van der Waals surface area contributed by atoms with Gasteiger partial charge in [-0.25, -0.2) is 4.39 Å². The molecule has 2 aliphatic heterocycles. The van der Waals surface area contributed by atoms with Crippen molar-refractivity contribution < 1.29 is 13.9 Å². The van der Waals surface area contributed by atoms with Gasteiger partial charge < -0.3 is 24.6 Å². The van der Waals surface area contributed by atoms with Gasteiger partial charge in [0.1, 0.15) is 0 Å². The molecular formula is C22H36FN5O2. The number of nitrogens with zero attached hydrogens (tertiary/aromatic N) is 4. The maximum Gasteiger partial charge on any atom is 0.193 e. The Morgan fingerprint density at radius 2 is 1.93 bits per heavy atom. The fraction of sp³-hybridized carbons (Fsp3) is 0.682. The molecule has 1 aromatic carbocycles. The maximum absolute atomic E-state index is 14.0. The van der Waals surface area contributed by atoms with Crippen molar-refractivity contribution in [3.63, 3.8) is 0 Å². The first-order chi connectivity index (χ1) is 14.5. The van der Waals surface area contributed by atoms with Gasteiger partial charge in [0.25, 0.3) is 0 Å². The molecular weight excluding hydrogens is 385 g/mol. The Morgan fingerprint density at radius 1 is 1.23 bits per heavy atom. The summed E-state index contributed by atoms with van der Waals surface area (Å²) in [6, 6.07) is 5.20. The smallest absolute Gasteiger partial charge is 0.193 e. The molecule has 7 nitrogen and oxygen atoms in total. The lowest BCUT2D eigenvalue weighted by atomic mass is 9.88. The first-order valence-electron chi connectivity index (χ1n) is 10.7. The van der Waals surface area contributed by atoms with Gasteiger partial charge in [-0.3, -0.25) is 9.89 Å². The summed E-state index contributed by atoms with van der Waals surface area (Å²) in [5.74, 6) is 0.942. The highest BCUT2D eigenvalue weighted by atomic mass is 19.1. The molecule has 2 fully saturated rings. The number of ether oxygens (including phenoxy) is 2. The predicted octanol–water partition coefficient (Wildman–Crippen LogP) is 1.64. The molecule has 2 saturated heterocycles. The number of hydrogen-bond acceptors (Lipinski definition) is 5. The minimum atomic E-state index is -0.304. The highest BCUT2D eigenvalue weighted by Gasteiger charge is 2.35. The molecule has 30 heavy (non-hydrogen) atoms. The van der Waals surface area contributed by atoms with E-state index in [2.05, 4.69) is 39.1 Å². The Kier molecular flexibility index (Phi) is 7.91. The molecule has 8 heteroatoms. The molecule has 0 bridgehead atoms. The number of nitrogens with one attached hydrogen (secondary N) is 1. The molecule has 0 aliphatic carbocycles. The van der Waals surface area contributed by atoms with Gasteiger partial charge >= 0.3 is 0 Å². The quantitative estimate of drug-likeness (QED) is 0.557. The number of methoxy groups -OCH3 is 1. The van der Waals surface area contributed by atoms with Crippen LogP contribution < -0.4 is 10.1 Å². The Morgan fingerprint density at radius 3 is 2.50 bits per heavy atom. The zero-order chi connectivity index (χ0) is 21.6. The second kappa shape index (κ2) is 10.4. The number of piperazine rings is 1. The Bertz CT molecular complexity index is 713. The van der Waals surface area contributed by atoms with E-state index in [-0.39, 0.29) is 11.4 Å². The number of hydrogen-bond donors (Lipinski definition) is 1. The SMILES string of the molecule is CN=C(NCC1(N(C)C)CCOCC1)N1CCN(Cc2ccc(OC)c(F)c2)CC1. The number of rotatable bonds is 6. The second-order valence-corrected chi connectivity index (χ2v) is 8.36. The summed E-state index contributed by atoms with van der Waals surface area (Å²) in [6.07, 6.45) is 2.05. The van der Waals surface area contributed by atoms with Gasteiger partial charge in [0.2, 0.25) is 0 Å². The van der Waals surface area contributed by atoms with E-state index in [1.54, 1.807) is 12.1 Å². The highest BCUT2D eigenvalue weighted by Crippen LogP contribution is 2.25. The summed E-state index contributed by atoms with van der Waals surface area (Å²) in [5.41, 5.74) is 1.07. The molecule has 0 saturated carbocycles. The number of benzene rings is 1. The monoisotopic (exact) mass is 421 g/mol. The molecule has 2 aliphatic rings. The summed E-state index contributed by atoms with van der Waals surface area (Å²) in [6.45, 7) is 6.85. The second-order valence-electron chi connectivity index (χ2n) is 8.36. The van der Waals surface area contributed by atoms with Crippen molar-refractivity contribution in [1.82, 2.24) is 20.0 Å². The van der Waals surface area contributed by atoms with E-state index in [1.165, 1.54) is 7.11 Å². The fourth-order valence-corrected chi connectivity index (χ4v) is 4.29. The Hall–Kier alpha value is -1.90. The van der Waals surface area contributed by atoms with Crippen molar-refractivity contribution in [2.24, 2.45) is 4.99 Å². The third-order valence-corrected chi connectivity index (χ3v) is 6.45. The molecule has 168 valence electrons. The molecule has 0 radical (unpaired) electrons. The topological polar surface area (TPSA) is 52.6 Å². The number of halogens is 1. The lowest BCUT2D eigenvalue weighted by Gasteiger charge is -2.44. The summed E-state index contributed by atoms with van der Waals surface area (Å²) in [7, 11) is 7.63. The van der Waals surface area contributed by atoms with Crippen molar-refractivity contribution in [1.29, 1.82) is 0 Å². The number of guanidine groups is 1. The third kappa shape index (κ3) is 5.42. The van der Waals surface area contributed by atoms with Gasteiger partial charge in [0.05, 0.1) is 7.11 Å². The normalized spacial score (nSPS) is 20.5. The van der Waals surface area contributed by atoms with Crippen molar-refractivity contribution in [2.45, 2.75) is 24.9 Å². The van der Waals surface area contributed by atoms with Crippen LogP contribution >= 0.6 is 0 Å². The van der Waals surface area contributed by atoms with Crippen LogP contribution in [0.25, 0.3) is 0 Å². The first-order valence-corrected chi connectivity index (χ1v) is 10.7. The van der Waals surface area contributed by atoms with E-state index in [0.717, 1.165) is 76.8 Å². The number of likely N-dealkylation sites (N-methyl/N-ethyl adjacent to an activating group) is 1. The van der Waals surface area contributed by atoms with Crippen LogP contribution in [0, 0.1) is 5.82 Å². The van der Waals surface area contributed by atoms with Gasteiger partial charge in [0.15, 0.2) is 17.5 Å².